The Bertz CT molecular complexity index is 463. The van der Waals surface area contributed by atoms with Crippen LogP contribution in [0.15, 0.2) is 24.3 Å². The highest BCUT2D eigenvalue weighted by Crippen LogP contribution is 2.21. The Labute approximate surface area is 119 Å². The predicted molar refractivity (Wildman–Crippen MR) is 75.7 cm³/mol. The van der Waals surface area contributed by atoms with Gasteiger partial charge in [-0.05, 0) is 19.1 Å². The van der Waals surface area contributed by atoms with E-state index in [4.69, 9.17) is 16.3 Å². The third-order valence-corrected chi connectivity index (χ3v) is 4.39. The molecule has 1 aliphatic rings. The molecule has 19 heavy (non-hydrogen) atoms. The van der Waals surface area contributed by atoms with E-state index < -0.39 is 0 Å². The number of nitrogens with one attached hydrogen (secondary N) is 1. The molecule has 1 aromatic rings. The Morgan fingerprint density at radius 1 is 1.37 bits per heavy atom. The van der Waals surface area contributed by atoms with Crippen LogP contribution in [0.3, 0.4) is 0 Å². The third-order valence-electron chi connectivity index (χ3n) is 4.06. The fourth-order valence-electron chi connectivity index (χ4n) is 2.61. The third kappa shape index (κ3) is 3.28. The molecule has 1 fully saturated rings. The molecular weight excluding hydrogens is 262 g/mol. The van der Waals surface area contributed by atoms with E-state index in [1.165, 1.54) is 4.90 Å². The van der Waals surface area contributed by atoms with Crippen LogP contribution in [0.1, 0.15) is 30.6 Å². The second kappa shape index (κ2) is 5.93. The van der Waals surface area contributed by atoms with Crippen LogP contribution >= 0.6 is 11.6 Å². The van der Waals surface area contributed by atoms with Gasteiger partial charge in [0.25, 0.3) is 0 Å². The summed E-state index contributed by atoms with van der Waals surface area (Å²) in [6.45, 7) is 5.36. The molecule has 0 radical (unpaired) electrons. The summed E-state index contributed by atoms with van der Waals surface area (Å²) in [6, 6.07) is 7.54. The zero-order valence-corrected chi connectivity index (χ0v) is 12.4. The van der Waals surface area contributed by atoms with Crippen LogP contribution in [-0.2, 0) is 4.74 Å². The van der Waals surface area contributed by atoms with Crippen molar-refractivity contribution < 1.29 is 14.4 Å². The second-order valence-electron chi connectivity index (χ2n) is 5.59. The number of hydrogen-bond donors (Lipinski definition) is 1. The van der Waals surface area contributed by atoms with Crippen LogP contribution in [0.25, 0.3) is 0 Å². The molecule has 0 aliphatic carbocycles. The van der Waals surface area contributed by atoms with Gasteiger partial charge < -0.3 is 9.64 Å². The van der Waals surface area contributed by atoms with E-state index in [-0.39, 0.29) is 12.1 Å². The molecule has 0 amide bonds. The molecule has 1 aliphatic heterocycles. The lowest BCUT2D eigenvalue weighted by Gasteiger charge is -2.36. The lowest BCUT2D eigenvalue weighted by atomic mass is 9.92. The number of piperidine rings is 1. The van der Waals surface area contributed by atoms with Crippen molar-refractivity contribution in [1.82, 2.24) is 0 Å². The molecule has 1 heterocycles. The maximum atomic E-state index is 12.2. The average molecular weight is 283 g/mol. The fraction of sp³-hybridized carbons (Fsp3) is 0.533. The van der Waals surface area contributed by atoms with E-state index in [0.717, 1.165) is 13.0 Å². The number of rotatable bonds is 2. The van der Waals surface area contributed by atoms with Crippen LogP contribution in [0.2, 0.25) is 5.02 Å². The summed E-state index contributed by atoms with van der Waals surface area (Å²) in [7, 11) is 2.19. The molecule has 1 N–H and O–H groups in total. The van der Waals surface area contributed by atoms with Gasteiger partial charge in [-0.2, -0.15) is 0 Å². The number of hydrogen-bond acceptors (Lipinski definition) is 2. The SMILES string of the molecule is C[C@@H]1C[NH+](C)[C@@H](C)C[C@H]1OC(=O)c1ccccc1Cl. The maximum Gasteiger partial charge on any atom is 0.339 e. The molecule has 2 rings (SSSR count). The number of benzene rings is 1. The molecule has 0 bridgehead atoms. The molecule has 1 saturated heterocycles. The van der Waals surface area contributed by atoms with E-state index in [2.05, 4.69) is 20.9 Å². The highest BCUT2D eigenvalue weighted by atomic mass is 35.5. The number of carbonyl (C=O) groups excluding carboxylic acids is 1. The first kappa shape index (κ1) is 14.4. The molecule has 1 aromatic carbocycles. The maximum absolute atomic E-state index is 12.2. The minimum atomic E-state index is -0.311. The minimum Gasteiger partial charge on any atom is -0.458 e. The summed E-state index contributed by atoms with van der Waals surface area (Å²) in [5.41, 5.74) is 0.454. The number of esters is 1. The number of halogens is 1. The first-order chi connectivity index (χ1) is 8.99. The van der Waals surface area contributed by atoms with E-state index in [1.54, 1.807) is 18.2 Å². The molecule has 3 nitrogen and oxygen atoms in total. The van der Waals surface area contributed by atoms with E-state index in [9.17, 15) is 4.79 Å². The molecule has 104 valence electrons. The van der Waals surface area contributed by atoms with Gasteiger partial charge in [-0.15, -0.1) is 0 Å². The van der Waals surface area contributed by atoms with E-state index in [0.29, 0.717) is 22.5 Å². The fourth-order valence-corrected chi connectivity index (χ4v) is 2.83. The number of carbonyl (C=O) groups is 1. The van der Waals surface area contributed by atoms with Crippen molar-refractivity contribution in [2.24, 2.45) is 5.92 Å². The smallest absolute Gasteiger partial charge is 0.339 e. The van der Waals surface area contributed by atoms with Gasteiger partial charge >= 0.3 is 5.97 Å². The quantitative estimate of drug-likeness (QED) is 0.839. The highest BCUT2D eigenvalue weighted by molar-refractivity contribution is 6.33. The van der Waals surface area contributed by atoms with Crippen molar-refractivity contribution in [2.75, 3.05) is 13.6 Å². The van der Waals surface area contributed by atoms with Gasteiger partial charge in [0.1, 0.15) is 6.10 Å². The van der Waals surface area contributed by atoms with Gasteiger partial charge in [0.05, 0.1) is 30.2 Å². The van der Waals surface area contributed by atoms with Gasteiger partial charge in [0.15, 0.2) is 0 Å². The van der Waals surface area contributed by atoms with E-state index >= 15 is 0 Å². The summed E-state index contributed by atoms with van der Waals surface area (Å²) in [4.78, 5) is 13.7. The van der Waals surface area contributed by atoms with Crippen LogP contribution in [0, 0.1) is 5.92 Å². The normalized spacial score (nSPS) is 30.9. The van der Waals surface area contributed by atoms with E-state index in [1.807, 2.05) is 6.07 Å². The standard InChI is InChI=1S/C15H20ClNO2/c1-10-9-17(3)11(2)8-14(10)19-15(18)12-6-4-5-7-13(12)16/h4-7,10-11,14H,8-9H2,1-3H3/p+1/t10-,11+,14-/m1/s1. The van der Waals surface area contributed by atoms with Crippen molar-refractivity contribution in [3.8, 4) is 0 Å². The van der Waals surface area contributed by atoms with Crippen LogP contribution in [-0.4, -0.2) is 31.7 Å². The first-order valence-corrected chi connectivity index (χ1v) is 7.14. The van der Waals surface area contributed by atoms with Gasteiger partial charge in [0.2, 0.25) is 0 Å². The Hall–Kier alpha value is -1.06. The van der Waals surface area contributed by atoms with Gasteiger partial charge in [-0.25, -0.2) is 4.79 Å². The zero-order valence-electron chi connectivity index (χ0n) is 11.7. The van der Waals surface area contributed by atoms with Crippen molar-refractivity contribution in [3.63, 3.8) is 0 Å². The summed E-state index contributed by atoms with van der Waals surface area (Å²) < 4.78 is 5.65. The van der Waals surface area contributed by atoms with Crippen LogP contribution in [0.5, 0.6) is 0 Å². The second-order valence-corrected chi connectivity index (χ2v) is 6.00. The molecule has 4 atom stereocenters. The summed E-state index contributed by atoms with van der Waals surface area (Å²) >= 11 is 6.02. The Kier molecular flexibility index (Phi) is 4.48. The Balaban J connectivity index is 2.05. The number of likely N-dealkylation sites (tertiary alicyclic amines) is 1. The first-order valence-electron chi connectivity index (χ1n) is 6.77. The highest BCUT2D eigenvalue weighted by Gasteiger charge is 2.34. The molecule has 0 saturated carbocycles. The molecule has 4 heteroatoms. The minimum absolute atomic E-state index is 0.0116. The van der Waals surface area contributed by atoms with Crippen LogP contribution in [0.4, 0.5) is 0 Å². The van der Waals surface area contributed by atoms with Crippen LogP contribution < -0.4 is 4.90 Å². The summed E-state index contributed by atoms with van der Waals surface area (Å²) in [5, 5.41) is 0.451. The monoisotopic (exact) mass is 282 g/mol. The van der Waals surface area contributed by atoms with Gasteiger partial charge in [0, 0.05) is 12.3 Å². The zero-order chi connectivity index (χ0) is 14.0. The summed E-state index contributed by atoms with van der Waals surface area (Å²) in [5.74, 6) is 0.0665. The van der Waals surface area contributed by atoms with Crippen molar-refractivity contribution >= 4 is 17.6 Å². The largest absolute Gasteiger partial charge is 0.458 e. The topological polar surface area (TPSA) is 30.7 Å². The Morgan fingerprint density at radius 3 is 2.74 bits per heavy atom. The number of quaternary nitrogens is 1. The van der Waals surface area contributed by atoms with Gasteiger partial charge in [-0.1, -0.05) is 30.7 Å². The Morgan fingerprint density at radius 2 is 2.05 bits per heavy atom. The molecular formula is C15H21ClNO2+. The predicted octanol–water partition coefficient (Wildman–Crippen LogP) is 1.81. The van der Waals surface area contributed by atoms with Crippen molar-refractivity contribution in [1.29, 1.82) is 0 Å². The lowest BCUT2D eigenvalue weighted by molar-refractivity contribution is -0.914. The van der Waals surface area contributed by atoms with Crippen molar-refractivity contribution in [2.45, 2.75) is 32.4 Å². The average Bonchev–Trinajstić information content (AvgIpc) is 2.36. The number of ether oxygens (including phenoxy) is 1. The van der Waals surface area contributed by atoms with Crippen molar-refractivity contribution in [3.05, 3.63) is 34.9 Å². The lowest BCUT2D eigenvalue weighted by Crippen LogP contribution is -3.14. The molecule has 0 spiro atoms. The van der Waals surface area contributed by atoms with Gasteiger partial charge in [-0.3, -0.25) is 0 Å². The summed E-state index contributed by atoms with van der Waals surface area (Å²) in [6.07, 6.45) is 0.894. The molecule has 0 aromatic heterocycles. The molecule has 1 unspecified atom stereocenters.